The first-order valence-corrected chi connectivity index (χ1v) is 10.9. The van der Waals surface area contributed by atoms with Crippen molar-refractivity contribution in [3.8, 4) is 17.0 Å². The highest BCUT2D eigenvalue weighted by Gasteiger charge is 2.17. The fraction of sp³-hybridized carbons (Fsp3) is 0.208. The predicted molar refractivity (Wildman–Crippen MR) is 126 cm³/mol. The van der Waals surface area contributed by atoms with E-state index >= 15 is 0 Å². The van der Waals surface area contributed by atoms with E-state index in [0.717, 1.165) is 11.8 Å². The van der Waals surface area contributed by atoms with Crippen molar-refractivity contribution in [2.45, 2.75) is 20.4 Å². The van der Waals surface area contributed by atoms with Crippen LogP contribution in [0.3, 0.4) is 0 Å². The van der Waals surface area contributed by atoms with Crippen LogP contribution in [0.1, 0.15) is 23.0 Å². The molecule has 0 saturated heterocycles. The normalized spacial score (nSPS) is 11.1. The second-order valence-corrected chi connectivity index (χ2v) is 7.93. The van der Waals surface area contributed by atoms with Crippen LogP contribution in [0.5, 0.6) is 5.75 Å². The number of hydrogen-bond acceptors (Lipinski definition) is 5. The van der Waals surface area contributed by atoms with E-state index in [-0.39, 0.29) is 21.7 Å². The summed E-state index contributed by atoms with van der Waals surface area (Å²) < 4.78 is 35.2. The summed E-state index contributed by atoms with van der Waals surface area (Å²) in [5, 5.41) is 12.8. The van der Waals surface area contributed by atoms with Gasteiger partial charge in [-0.25, -0.2) is 23.5 Å². The van der Waals surface area contributed by atoms with E-state index in [1.807, 2.05) is 4.57 Å². The van der Waals surface area contributed by atoms with Crippen LogP contribution in [0.4, 0.5) is 14.6 Å². The predicted octanol–water partition coefficient (Wildman–Crippen LogP) is 5.55. The Bertz CT molecular complexity index is 1390. The minimum absolute atomic E-state index is 0.0716. The molecule has 0 atom stereocenters. The van der Waals surface area contributed by atoms with Gasteiger partial charge in [0.15, 0.2) is 11.6 Å². The van der Waals surface area contributed by atoms with Gasteiger partial charge in [-0.1, -0.05) is 17.7 Å². The van der Waals surface area contributed by atoms with Gasteiger partial charge in [0.25, 0.3) is 0 Å². The lowest BCUT2D eigenvalue weighted by molar-refractivity contribution is 0.0692. The Morgan fingerprint density at radius 1 is 1.21 bits per heavy atom. The van der Waals surface area contributed by atoms with Gasteiger partial charge in [0.05, 0.1) is 22.8 Å². The minimum atomic E-state index is -1.07. The molecule has 0 unspecified atom stereocenters. The lowest BCUT2D eigenvalue weighted by Gasteiger charge is -2.12. The van der Waals surface area contributed by atoms with Gasteiger partial charge in [-0.2, -0.15) is 0 Å². The van der Waals surface area contributed by atoms with Crippen LogP contribution in [-0.4, -0.2) is 38.8 Å². The zero-order chi connectivity index (χ0) is 24.4. The van der Waals surface area contributed by atoms with Crippen LogP contribution in [0, 0.1) is 18.6 Å². The number of ether oxygens (including phenoxy) is 1. The molecule has 2 aromatic carbocycles. The van der Waals surface area contributed by atoms with E-state index in [0.29, 0.717) is 42.3 Å². The first-order chi connectivity index (χ1) is 16.3. The van der Waals surface area contributed by atoms with E-state index in [4.69, 9.17) is 16.3 Å². The first kappa shape index (κ1) is 23.4. The summed E-state index contributed by atoms with van der Waals surface area (Å²) in [6.45, 7) is 4.76. The van der Waals surface area contributed by atoms with E-state index in [1.54, 1.807) is 38.1 Å². The first-order valence-electron chi connectivity index (χ1n) is 10.5. The molecule has 2 N–H and O–H groups in total. The molecule has 10 heteroatoms. The number of fused-ring (bicyclic) bond motifs is 1. The number of carbonyl (C=O) groups is 1. The topological polar surface area (TPSA) is 89.3 Å². The average molecular weight is 487 g/mol. The lowest BCUT2D eigenvalue weighted by Crippen LogP contribution is -2.12. The number of carboxylic acid groups (broad SMARTS) is 1. The van der Waals surface area contributed by atoms with E-state index in [1.165, 1.54) is 12.4 Å². The van der Waals surface area contributed by atoms with Gasteiger partial charge in [0, 0.05) is 35.8 Å². The summed E-state index contributed by atoms with van der Waals surface area (Å²) in [7, 11) is 0. The Morgan fingerprint density at radius 2 is 2.00 bits per heavy atom. The largest absolute Gasteiger partial charge is 0.493 e. The number of nitrogens with one attached hydrogen (secondary N) is 1. The number of rotatable bonds is 8. The lowest BCUT2D eigenvalue weighted by atomic mass is 10.1. The second-order valence-electron chi connectivity index (χ2n) is 7.52. The van der Waals surface area contributed by atoms with Crippen LogP contribution in [0.15, 0.2) is 42.7 Å². The Hall–Kier alpha value is -3.72. The van der Waals surface area contributed by atoms with Crippen LogP contribution < -0.4 is 10.1 Å². The van der Waals surface area contributed by atoms with Crippen molar-refractivity contribution in [2.75, 3.05) is 18.5 Å². The number of aryl methyl sites for hydroxylation is 1. The SMILES string of the molecule is CCOc1cc(-c2cc(NCCn3c(C)cc4c(F)c(F)cc(Cl)c43)ncn2)ccc1C(=O)O. The number of hydrogen-bond donors (Lipinski definition) is 2. The molecule has 0 aliphatic rings. The van der Waals surface area contributed by atoms with Crippen LogP contribution in [-0.2, 0) is 6.54 Å². The molecule has 0 saturated carbocycles. The molecule has 2 heterocycles. The number of aromatic carboxylic acids is 1. The zero-order valence-electron chi connectivity index (χ0n) is 18.4. The average Bonchev–Trinajstić information content (AvgIpc) is 3.14. The van der Waals surface area contributed by atoms with Gasteiger partial charge >= 0.3 is 5.97 Å². The Labute approximate surface area is 199 Å². The van der Waals surface area contributed by atoms with Crippen molar-refractivity contribution in [2.24, 2.45) is 0 Å². The summed E-state index contributed by atoms with van der Waals surface area (Å²) in [5.41, 5.74) is 2.51. The number of benzene rings is 2. The van der Waals surface area contributed by atoms with Gasteiger partial charge in [-0.15, -0.1) is 0 Å². The van der Waals surface area contributed by atoms with Gasteiger partial charge in [-0.05, 0) is 38.1 Å². The maximum absolute atomic E-state index is 14.2. The van der Waals surface area contributed by atoms with Crippen LogP contribution in [0.25, 0.3) is 22.2 Å². The molecule has 0 amide bonds. The van der Waals surface area contributed by atoms with E-state index in [2.05, 4.69) is 15.3 Å². The van der Waals surface area contributed by atoms with Crippen molar-refractivity contribution < 1.29 is 23.4 Å². The summed E-state index contributed by atoms with van der Waals surface area (Å²) in [4.78, 5) is 19.9. The maximum Gasteiger partial charge on any atom is 0.339 e. The molecule has 4 rings (SSSR count). The standard InChI is InChI=1S/C24H21ClF2N4O3/c1-3-34-20-9-14(4-5-15(20)24(32)33)19-11-21(30-12-29-19)28-6-7-31-13(2)8-16-22(27)18(26)10-17(25)23(16)31/h4-5,8-12H,3,6-7H2,1-2H3,(H,32,33)(H,28,29,30). The van der Waals surface area contributed by atoms with Gasteiger partial charge in [-0.3, -0.25) is 0 Å². The number of nitrogens with zero attached hydrogens (tertiary/aromatic N) is 3. The zero-order valence-corrected chi connectivity index (χ0v) is 19.2. The highest BCUT2D eigenvalue weighted by atomic mass is 35.5. The van der Waals surface area contributed by atoms with E-state index < -0.39 is 17.6 Å². The van der Waals surface area contributed by atoms with Gasteiger partial charge in [0.1, 0.15) is 23.5 Å². The molecular weight excluding hydrogens is 466 g/mol. The van der Waals surface area contributed by atoms with Crippen LogP contribution in [0.2, 0.25) is 5.02 Å². The number of anilines is 1. The fourth-order valence-corrected chi connectivity index (χ4v) is 4.10. The third kappa shape index (κ3) is 4.51. The number of carboxylic acids is 1. The van der Waals surface area contributed by atoms with Gasteiger partial charge < -0.3 is 19.7 Å². The molecule has 7 nitrogen and oxygen atoms in total. The summed E-state index contributed by atoms with van der Waals surface area (Å²) >= 11 is 6.19. The fourth-order valence-electron chi connectivity index (χ4n) is 3.80. The van der Waals surface area contributed by atoms with Crippen molar-refractivity contribution >= 4 is 34.3 Å². The van der Waals surface area contributed by atoms with Gasteiger partial charge in [0.2, 0.25) is 0 Å². The Morgan fingerprint density at radius 3 is 2.74 bits per heavy atom. The minimum Gasteiger partial charge on any atom is -0.493 e. The van der Waals surface area contributed by atoms with Crippen LogP contribution >= 0.6 is 11.6 Å². The summed E-state index contributed by atoms with van der Waals surface area (Å²) in [6, 6.07) is 9.04. The van der Waals surface area contributed by atoms with Crippen molar-refractivity contribution in [3.63, 3.8) is 0 Å². The molecule has 4 aromatic rings. The maximum atomic E-state index is 14.2. The van der Waals surface area contributed by atoms with Crippen molar-refractivity contribution in [1.29, 1.82) is 0 Å². The molecule has 0 aliphatic heterocycles. The van der Waals surface area contributed by atoms with Crippen molar-refractivity contribution in [1.82, 2.24) is 14.5 Å². The molecular formula is C24H21ClF2N4O3. The molecule has 0 radical (unpaired) electrons. The third-order valence-corrected chi connectivity index (χ3v) is 5.63. The molecule has 176 valence electrons. The molecule has 0 aliphatic carbocycles. The molecule has 34 heavy (non-hydrogen) atoms. The monoisotopic (exact) mass is 486 g/mol. The Kier molecular flexibility index (Phi) is 6.65. The van der Waals surface area contributed by atoms with E-state index in [9.17, 15) is 18.7 Å². The molecule has 0 spiro atoms. The smallest absolute Gasteiger partial charge is 0.339 e. The second kappa shape index (κ2) is 9.64. The molecule has 2 aromatic heterocycles. The molecule has 0 fully saturated rings. The highest BCUT2D eigenvalue weighted by molar-refractivity contribution is 6.35. The number of aromatic nitrogens is 3. The summed E-state index contributed by atoms with van der Waals surface area (Å²) in [6.07, 6.45) is 1.40. The quantitative estimate of drug-likeness (QED) is 0.317. The summed E-state index contributed by atoms with van der Waals surface area (Å²) in [5.74, 6) is -2.17. The number of halogens is 3. The van der Waals surface area contributed by atoms with Crippen molar-refractivity contribution in [3.05, 3.63) is 70.6 Å². The third-order valence-electron chi connectivity index (χ3n) is 5.35. The highest BCUT2D eigenvalue weighted by Crippen LogP contribution is 2.31. The molecule has 0 bridgehead atoms. The Balaban J connectivity index is 1.54.